The summed E-state index contributed by atoms with van der Waals surface area (Å²) in [5.74, 6) is -0.0729. The molecule has 2 aliphatic carbocycles. The van der Waals surface area contributed by atoms with Gasteiger partial charge >= 0.3 is 0 Å². The van der Waals surface area contributed by atoms with Crippen LogP contribution in [0.3, 0.4) is 0 Å². The summed E-state index contributed by atoms with van der Waals surface area (Å²) in [4.78, 5) is 0. The van der Waals surface area contributed by atoms with E-state index in [0.717, 1.165) is 12.8 Å². The summed E-state index contributed by atoms with van der Waals surface area (Å²) in [7, 11) is 0. The zero-order valence-corrected chi connectivity index (χ0v) is 21.3. The SMILES string of the molecule is OC1CCC(C2[OH+]C3CC(O)CC(O)C3CC2OC2OCC(OC3OCC(O)C(O)C3O)C(O)C2O)CC1. The Morgan fingerprint density at radius 1 is 0.579 bits per heavy atom. The van der Waals surface area contributed by atoms with Crippen LogP contribution >= 0.6 is 0 Å². The summed E-state index contributed by atoms with van der Waals surface area (Å²) in [6.07, 6.45) is -9.54. The third-order valence-electron chi connectivity index (χ3n) is 9.00. The molecule has 0 amide bonds. The summed E-state index contributed by atoms with van der Waals surface area (Å²) in [6.45, 7) is -0.462. The molecule has 5 fully saturated rings. The normalized spacial score (nSPS) is 54.3. The molecule has 3 heterocycles. The van der Waals surface area contributed by atoms with Gasteiger partial charge in [-0.2, -0.15) is 0 Å². The van der Waals surface area contributed by atoms with Crippen molar-refractivity contribution in [1.29, 1.82) is 0 Å². The average molecular weight is 552 g/mol. The lowest BCUT2D eigenvalue weighted by molar-refractivity contribution is -0.357. The van der Waals surface area contributed by atoms with Crippen LogP contribution in [0, 0.1) is 11.8 Å². The van der Waals surface area contributed by atoms with E-state index in [2.05, 4.69) is 0 Å². The van der Waals surface area contributed by atoms with E-state index in [9.17, 15) is 40.9 Å². The summed E-state index contributed by atoms with van der Waals surface area (Å²) in [5.41, 5.74) is 0. The molecule has 220 valence electrons. The summed E-state index contributed by atoms with van der Waals surface area (Å²) in [6, 6.07) is 0. The Kier molecular flexibility index (Phi) is 9.27. The first kappa shape index (κ1) is 29.0. The predicted octanol–water partition coefficient (Wildman–Crippen LogP) is -3.37. The quantitative estimate of drug-likeness (QED) is 0.157. The molecule has 2 saturated carbocycles. The summed E-state index contributed by atoms with van der Waals surface area (Å²) >= 11 is 0. The zero-order chi connectivity index (χ0) is 27.1. The molecule has 14 atom stereocenters. The molecule has 38 heavy (non-hydrogen) atoms. The summed E-state index contributed by atoms with van der Waals surface area (Å²) < 4.78 is 27.8. The van der Waals surface area contributed by atoms with Gasteiger partial charge in [-0.15, -0.1) is 0 Å². The number of hydrogen-bond acceptors (Lipinski definition) is 12. The van der Waals surface area contributed by atoms with Gasteiger partial charge in [0, 0.05) is 18.8 Å². The van der Waals surface area contributed by atoms with Crippen molar-refractivity contribution in [2.75, 3.05) is 13.2 Å². The van der Waals surface area contributed by atoms with Crippen LogP contribution in [-0.4, -0.2) is 145 Å². The predicted molar refractivity (Wildman–Crippen MR) is 126 cm³/mol. The van der Waals surface area contributed by atoms with Crippen LogP contribution in [0.1, 0.15) is 44.9 Å². The minimum atomic E-state index is -1.55. The zero-order valence-electron chi connectivity index (χ0n) is 21.3. The second kappa shape index (κ2) is 12.1. The van der Waals surface area contributed by atoms with Gasteiger partial charge in [-0.3, -0.25) is 0 Å². The van der Waals surface area contributed by atoms with Crippen molar-refractivity contribution in [2.45, 2.75) is 131 Å². The van der Waals surface area contributed by atoms with E-state index in [-0.39, 0.29) is 49.8 Å². The van der Waals surface area contributed by atoms with Crippen molar-refractivity contribution in [3.05, 3.63) is 0 Å². The van der Waals surface area contributed by atoms with Gasteiger partial charge in [-0.1, -0.05) is 0 Å². The second-order valence-corrected chi connectivity index (χ2v) is 11.6. The number of aliphatic hydroxyl groups is 10. The molecular formula is C25H43O13+. The van der Waals surface area contributed by atoms with Crippen LogP contribution in [0.2, 0.25) is 0 Å². The fourth-order valence-electron chi connectivity index (χ4n) is 6.73. The van der Waals surface area contributed by atoms with Gasteiger partial charge in [-0.05, 0) is 32.1 Å². The van der Waals surface area contributed by atoms with E-state index in [0.29, 0.717) is 25.7 Å². The lowest BCUT2D eigenvalue weighted by Crippen LogP contribution is -2.62. The Balaban J connectivity index is 1.24. The molecule has 13 nitrogen and oxygen atoms in total. The highest BCUT2D eigenvalue weighted by Gasteiger charge is 2.54. The first-order valence-electron chi connectivity index (χ1n) is 13.8. The lowest BCUT2D eigenvalue weighted by Gasteiger charge is -2.48. The number of rotatable bonds is 5. The third-order valence-corrected chi connectivity index (χ3v) is 9.00. The Morgan fingerprint density at radius 3 is 1.92 bits per heavy atom. The van der Waals surface area contributed by atoms with E-state index < -0.39 is 67.5 Å². The molecule has 0 aromatic heterocycles. The molecule has 0 bridgehead atoms. The van der Waals surface area contributed by atoms with E-state index in [1.165, 1.54) is 0 Å². The van der Waals surface area contributed by atoms with Gasteiger partial charge in [0.1, 0.15) is 42.7 Å². The van der Waals surface area contributed by atoms with Gasteiger partial charge < -0.3 is 64.5 Å². The molecule has 14 unspecified atom stereocenters. The molecule has 9 N–H and O–H groups in total. The molecular weight excluding hydrogens is 508 g/mol. The standard InChI is InChI=1S/C25H42O13/c26-11-3-1-10(2-4-11)23-17(7-13-14(28)5-12(27)6-16(13)36-23)37-25-22(33)20(31)18(9-35-25)38-24-21(32)19(30)15(29)8-34-24/h10-33H,1-9H2/p+1. The highest BCUT2D eigenvalue weighted by molar-refractivity contribution is 4.97. The van der Waals surface area contributed by atoms with Crippen LogP contribution in [0.25, 0.3) is 0 Å². The number of fused-ring (bicyclic) bond motifs is 1. The first-order chi connectivity index (χ1) is 18.1. The smallest absolute Gasteiger partial charge is 0.186 e. The number of aliphatic hydroxyl groups excluding tert-OH is 8. The molecule has 0 radical (unpaired) electrons. The van der Waals surface area contributed by atoms with Gasteiger partial charge in [0.2, 0.25) is 0 Å². The van der Waals surface area contributed by atoms with Gasteiger partial charge in [0.05, 0.1) is 37.4 Å². The third kappa shape index (κ3) is 6.05. The largest absolute Gasteiger partial charge is 0.427 e. The molecule has 0 aromatic rings. The minimum absolute atomic E-state index is 0.133. The van der Waals surface area contributed by atoms with Crippen LogP contribution < -0.4 is 0 Å². The van der Waals surface area contributed by atoms with Crippen LogP contribution in [-0.2, 0) is 18.9 Å². The van der Waals surface area contributed by atoms with Crippen molar-refractivity contribution < 1.29 is 64.5 Å². The van der Waals surface area contributed by atoms with Gasteiger partial charge in [0.25, 0.3) is 0 Å². The Bertz CT molecular complexity index is 766. The van der Waals surface area contributed by atoms with E-state index in [4.69, 9.17) is 23.7 Å². The van der Waals surface area contributed by atoms with Crippen LogP contribution in [0.5, 0.6) is 0 Å². The average Bonchev–Trinajstić information content (AvgIpc) is 2.89. The molecule has 3 aliphatic heterocycles. The molecule has 0 aromatic carbocycles. The maximum atomic E-state index is 10.9. The topological polar surface area (TPSA) is 212 Å². The van der Waals surface area contributed by atoms with Crippen molar-refractivity contribution in [1.82, 2.24) is 0 Å². The maximum Gasteiger partial charge on any atom is 0.186 e. The molecule has 3 saturated heterocycles. The fraction of sp³-hybridized carbons (Fsp3) is 1.00. The van der Waals surface area contributed by atoms with Crippen LogP contribution in [0.15, 0.2) is 0 Å². The lowest BCUT2D eigenvalue weighted by atomic mass is 9.73. The number of hydrogen-bond donors (Lipinski definition) is 8. The molecule has 0 spiro atoms. The monoisotopic (exact) mass is 551 g/mol. The first-order valence-corrected chi connectivity index (χ1v) is 13.8. The van der Waals surface area contributed by atoms with E-state index >= 15 is 0 Å². The number of ether oxygens (including phenoxy) is 5. The van der Waals surface area contributed by atoms with Crippen LogP contribution in [0.4, 0.5) is 0 Å². The second-order valence-electron chi connectivity index (χ2n) is 11.6. The van der Waals surface area contributed by atoms with Crippen molar-refractivity contribution in [2.24, 2.45) is 11.8 Å². The summed E-state index contributed by atoms with van der Waals surface area (Å²) in [5, 5.41) is 82.1. The highest BCUT2D eigenvalue weighted by atomic mass is 16.7. The Hall–Kier alpha value is -0.520. The molecule has 5 aliphatic rings. The van der Waals surface area contributed by atoms with E-state index in [1.807, 2.05) is 0 Å². The van der Waals surface area contributed by atoms with Crippen molar-refractivity contribution >= 4 is 0 Å². The highest BCUT2D eigenvalue weighted by Crippen LogP contribution is 2.42. The Labute approximate surface area is 220 Å². The van der Waals surface area contributed by atoms with Crippen molar-refractivity contribution in [3.8, 4) is 0 Å². The molecule has 13 heteroatoms. The van der Waals surface area contributed by atoms with Gasteiger partial charge in [0.15, 0.2) is 24.8 Å². The minimum Gasteiger partial charge on any atom is -0.427 e. The van der Waals surface area contributed by atoms with Gasteiger partial charge in [-0.25, -0.2) is 0 Å². The van der Waals surface area contributed by atoms with E-state index in [1.54, 1.807) is 0 Å². The maximum absolute atomic E-state index is 10.9. The molecule has 5 rings (SSSR count). The van der Waals surface area contributed by atoms with Crippen molar-refractivity contribution in [3.63, 3.8) is 0 Å². The Morgan fingerprint density at radius 2 is 1.21 bits per heavy atom. The fourth-order valence-corrected chi connectivity index (χ4v) is 6.73.